The van der Waals surface area contributed by atoms with E-state index in [0.717, 1.165) is 12.1 Å². The Kier molecular flexibility index (Phi) is 7.37. The summed E-state index contributed by atoms with van der Waals surface area (Å²) >= 11 is 0. The van der Waals surface area contributed by atoms with Crippen molar-refractivity contribution >= 4 is 5.91 Å². The van der Waals surface area contributed by atoms with E-state index < -0.39 is 23.5 Å². The molecular weight excluding hydrogens is 368 g/mol. The van der Waals surface area contributed by atoms with Crippen molar-refractivity contribution in [3.05, 3.63) is 59.3 Å². The van der Waals surface area contributed by atoms with Gasteiger partial charge in [0.25, 0.3) is 0 Å². The quantitative estimate of drug-likeness (QED) is 0.671. The van der Waals surface area contributed by atoms with E-state index in [2.05, 4.69) is 5.32 Å². The number of rotatable bonds is 9. The van der Waals surface area contributed by atoms with Crippen LogP contribution in [0.3, 0.4) is 0 Å². The van der Waals surface area contributed by atoms with Gasteiger partial charge in [0.1, 0.15) is 11.6 Å². The molecule has 1 amide bonds. The number of nitrogens with one attached hydrogen (secondary N) is 1. The van der Waals surface area contributed by atoms with Gasteiger partial charge in [-0.25, -0.2) is 4.39 Å². The molecule has 148 valence electrons. The van der Waals surface area contributed by atoms with Crippen LogP contribution in [-0.4, -0.2) is 37.6 Å². The van der Waals surface area contributed by atoms with Crippen LogP contribution in [0.4, 0.5) is 17.6 Å². The van der Waals surface area contributed by atoms with Gasteiger partial charge in [0.15, 0.2) is 0 Å². The molecule has 0 radical (unpaired) electrons. The molecule has 27 heavy (non-hydrogen) atoms. The van der Waals surface area contributed by atoms with Crippen LogP contribution in [0.15, 0.2) is 41.0 Å². The fourth-order valence-electron chi connectivity index (χ4n) is 2.48. The zero-order chi connectivity index (χ0) is 19.9. The van der Waals surface area contributed by atoms with E-state index in [1.54, 1.807) is 17.0 Å². The maximum Gasteiger partial charge on any atom is 0.416 e. The average Bonchev–Trinajstić information content (AvgIpc) is 3.10. The summed E-state index contributed by atoms with van der Waals surface area (Å²) in [4.78, 5) is 13.9. The van der Waals surface area contributed by atoms with Gasteiger partial charge in [0, 0.05) is 20.2 Å². The highest BCUT2D eigenvalue weighted by molar-refractivity contribution is 5.78. The minimum absolute atomic E-state index is 0.0490. The van der Waals surface area contributed by atoms with Gasteiger partial charge in [-0.2, -0.15) is 13.2 Å². The number of hydrogen-bond acceptors (Lipinski definition) is 4. The molecule has 0 aliphatic carbocycles. The monoisotopic (exact) mass is 388 g/mol. The minimum Gasteiger partial charge on any atom is -0.468 e. The van der Waals surface area contributed by atoms with Gasteiger partial charge in [-0.3, -0.25) is 9.69 Å². The second kappa shape index (κ2) is 9.52. The normalized spacial score (nSPS) is 11.8. The zero-order valence-corrected chi connectivity index (χ0v) is 14.7. The Morgan fingerprint density at radius 3 is 2.70 bits per heavy atom. The van der Waals surface area contributed by atoms with Crippen molar-refractivity contribution in [2.24, 2.45) is 0 Å². The second-order valence-corrected chi connectivity index (χ2v) is 5.86. The second-order valence-electron chi connectivity index (χ2n) is 5.86. The lowest BCUT2D eigenvalue weighted by molar-refractivity contribution is -0.138. The summed E-state index contributed by atoms with van der Waals surface area (Å²) < 4.78 is 62.4. The van der Waals surface area contributed by atoms with Crippen molar-refractivity contribution in [1.29, 1.82) is 0 Å². The smallest absolute Gasteiger partial charge is 0.416 e. The molecule has 0 unspecified atom stereocenters. The molecular formula is C18H20F4N2O3. The Morgan fingerprint density at radius 1 is 1.30 bits per heavy atom. The van der Waals surface area contributed by atoms with Gasteiger partial charge in [0.05, 0.1) is 31.5 Å². The topological polar surface area (TPSA) is 54.7 Å². The van der Waals surface area contributed by atoms with Crippen molar-refractivity contribution in [3.8, 4) is 0 Å². The number of carbonyl (C=O) groups excluding carboxylic acids is 1. The Bertz CT molecular complexity index is 733. The highest BCUT2D eigenvalue weighted by Gasteiger charge is 2.33. The van der Waals surface area contributed by atoms with Crippen molar-refractivity contribution < 1.29 is 31.5 Å². The lowest BCUT2D eigenvalue weighted by atomic mass is 10.1. The van der Waals surface area contributed by atoms with Gasteiger partial charge in [0.2, 0.25) is 5.91 Å². The van der Waals surface area contributed by atoms with E-state index in [0.29, 0.717) is 31.5 Å². The Balaban J connectivity index is 1.97. The van der Waals surface area contributed by atoms with Crippen LogP contribution in [0, 0.1) is 5.82 Å². The van der Waals surface area contributed by atoms with Crippen LogP contribution in [0.1, 0.15) is 16.9 Å². The van der Waals surface area contributed by atoms with E-state index in [1.165, 1.54) is 13.4 Å². The molecule has 0 bridgehead atoms. The Morgan fingerprint density at radius 2 is 2.07 bits per heavy atom. The number of methoxy groups -OCH3 is 1. The number of nitrogens with zero attached hydrogens (tertiary/aromatic N) is 1. The molecule has 2 aromatic rings. The molecule has 0 atom stereocenters. The lowest BCUT2D eigenvalue weighted by Gasteiger charge is -2.20. The highest BCUT2D eigenvalue weighted by atomic mass is 19.4. The number of alkyl halides is 3. The maximum atomic E-state index is 13.1. The van der Waals surface area contributed by atoms with Crippen LogP contribution in [0.2, 0.25) is 0 Å². The molecule has 0 fully saturated rings. The number of benzene rings is 1. The van der Waals surface area contributed by atoms with Crippen molar-refractivity contribution in [1.82, 2.24) is 10.2 Å². The highest BCUT2D eigenvalue weighted by Crippen LogP contribution is 2.32. The minimum atomic E-state index is -4.70. The van der Waals surface area contributed by atoms with Gasteiger partial charge in [-0.05, 0) is 29.8 Å². The third-order valence-electron chi connectivity index (χ3n) is 3.79. The number of furan rings is 1. The average molecular weight is 388 g/mol. The molecule has 0 saturated heterocycles. The first-order valence-corrected chi connectivity index (χ1v) is 8.15. The fraction of sp³-hybridized carbons (Fsp3) is 0.389. The van der Waals surface area contributed by atoms with Crippen molar-refractivity contribution in [3.63, 3.8) is 0 Å². The summed E-state index contributed by atoms with van der Waals surface area (Å²) in [6, 6.07) is 5.84. The standard InChI is InChI=1S/C18H20F4N2O3/c1-26-8-6-24(11-15-3-2-7-27-15)12-17(25)23-10-13-4-5-14(19)9-16(13)18(20,21)22/h2-5,7,9H,6,8,10-12H2,1H3,(H,23,25). The van der Waals surface area contributed by atoms with E-state index >= 15 is 0 Å². The van der Waals surface area contributed by atoms with Crippen LogP contribution in [0.25, 0.3) is 0 Å². The van der Waals surface area contributed by atoms with Crippen LogP contribution >= 0.6 is 0 Å². The Hall–Kier alpha value is -2.39. The first-order chi connectivity index (χ1) is 12.8. The third-order valence-corrected chi connectivity index (χ3v) is 3.79. The van der Waals surface area contributed by atoms with Crippen molar-refractivity contribution in [2.75, 3.05) is 26.8 Å². The van der Waals surface area contributed by atoms with Gasteiger partial charge >= 0.3 is 6.18 Å². The van der Waals surface area contributed by atoms with Crippen LogP contribution in [-0.2, 0) is 28.8 Å². The summed E-state index contributed by atoms with van der Waals surface area (Å²) in [6.07, 6.45) is -3.19. The van der Waals surface area contributed by atoms with Gasteiger partial charge in [-0.1, -0.05) is 6.07 Å². The molecule has 1 aromatic heterocycles. The van der Waals surface area contributed by atoms with E-state index in [-0.39, 0.29) is 18.7 Å². The molecule has 1 aromatic carbocycles. The summed E-state index contributed by atoms with van der Waals surface area (Å²) in [5, 5.41) is 2.44. The van der Waals surface area contributed by atoms with Crippen LogP contribution < -0.4 is 5.32 Å². The molecule has 0 aliphatic heterocycles. The molecule has 5 nitrogen and oxygen atoms in total. The predicted molar refractivity (Wildman–Crippen MR) is 89.1 cm³/mol. The molecule has 0 saturated carbocycles. The number of amides is 1. The van der Waals surface area contributed by atoms with Crippen molar-refractivity contribution in [2.45, 2.75) is 19.3 Å². The Labute approximate surface area is 153 Å². The van der Waals surface area contributed by atoms with Crippen LogP contribution in [0.5, 0.6) is 0 Å². The first kappa shape index (κ1) is 20.9. The molecule has 1 heterocycles. The van der Waals surface area contributed by atoms with Gasteiger partial charge in [-0.15, -0.1) is 0 Å². The van der Waals surface area contributed by atoms with Gasteiger partial charge < -0.3 is 14.5 Å². The summed E-state index contributed by atoms with van der Waals surface area (Å²) in [5.41, 5.74) is -1.30. The largest absolute Gasteiger partial charge is 0.468 e. The molecule has 9 heteroatoms. The van der Waals surface area contributed by atoms with E-state index in [4.69, 9.17) is 9.15 Å². The molecule has 0 aliphatic rings. The summed E-state index contributed by atoms with van der Waals surface area (Å²) in [7, 11) is 1.53. The molecule has 2 rings (SSSR count). The first-order valence-electron chi connectivity index (χ1n) is 8.15. The van der Waals surface area contributed by atoms with E-state index in [9.17, 15) is 22.4 Å². The number of carbonyl (C=O) groups is 1. The SMILES string of the molecule is COCCN(CC(=O)NCc1ccc(F)cc1C(F)(F)F)Cc1ccco1. The summed E-state index contributed by atoms with van der Waals surface area (Å²) in [5.74, 6) is -0.798. The number of halogens is 4. The molecule has 1 N–H and O–H groups in total. The number of ether oxygens (including phenoxy) is 1. The fourth-order valence-corrected chi connectivity index (χ4v) is 2.48. The zero-order valence-electron chi connectivity index (χ0n) is 14.7. The number of hydrogen-bond donors (Lipinski definition) is 1. The predicted octanol–water partition coefficient (Wildman–Crippen LogP) is 3.20. The maximum absolute atomic E-state index is 13.1. The summed E-state index contributed by atoms with van der Waals surface area (Å²) in [6.45, 7) is 0.771. The molecule has 0 spiro atoms. The third kappa shape index (κ3) is 6.69. The van der Waals surface area contributed by atoms with E-state index in [1.807, 2.05) is 0 Å². The lowest BCUT2D eigenvalue weighted by Crippen LogP contribution is -2.38.